The van der Waals surface area contributed by atoms with Gasteiger partial charge in [0.2, 0.25) is 0 Å². The van der Waals surface area contributed by atoms with E-state index in [0.29, 0.717) is 49.4 Å². The van der Waals surface area contributed by atoms with Crippen molar-refractivity contribution in [2.24, 2.45) is 52.3 Å². The molecule has 32 atom stereocenters. The Balaban J connectivity index is 0.784. The third-order valence-electron chi connectivity index (χ3n) is 20.1. The molecule has 0 unspecified atom stereocenters. The van der Waals surface area contributed by atoms with Crippen LogP contribution in [0.4, 0.5) is 0 Å². The molecule has 5 heterocycles. The molecule has 9 aliphatic rings. The molecule has 0 spiro atoms. The lowest BCUT2D eigenvalue weighted by Gasteiger charge is -2.61. The first-order valence-electron chi connectivity index (χ1n) is 27.4. The number of ether oxygens (including phenoxy) is 9. The highest BCUT2D eigenvalue weighted by molar-refractivity contribution is 5.15. The van der Waals surface area contributed by atoms with Crippen molar-refractivity contribution in [2.45, 2.75) is 233 Å². The van der Waals surface area contributed by atoms with Crippen LogP contribution in [0, 0.1) is 52.3 Å². The van der Waals surface area contributed by atoms with Crippen LogP contribution in [0.2, 0.25) is 0 Å². The molecule has 4 saturated carbocycles. The number of aliphatic hydroxyl groups excluding tert-OH is 14. The molecule has 0 aromatic rings. The van der Waals surface area contributed by atoms with Crippen LogP contribution in [0.15, 0.2) is 0 Å². The van der Waals surface area contributed by atoms with Crippen LogP contribution >= 0.6 is 0 Å². The Bertz CT molecular complexity index is 1870. The summed E-state index contributed by atoms with van der Waals surface area (Å²) >= 11 is 0. The van der Waals surface area contributed by atoms with Gasteiger partial charge in [0.1, 0.15) is 97.7 Å². The van der Waals surface area contributed by atoms with Gasteiger partial charge in [-0.1, -0.05) is 27.7 Å². The smallest absolute Gasteiger partial charge is 0.187 e. The molecule has 0 bridgehead atoms. The van der Waals surface area contributed by atoms with E-state index in [-0.39, 0.29) is 47.4 Å². The molecular weight excluding hydrogens is 997 g/mol. The number of hydrogen-bond acceptors (Lipinski definition) is 24. The molecule has 5 aliphatic heterocycles. The standard InChI is InChI=1S/C51H86O24/c1-20(19-67-45-40(63)36(59)33(56)28(15-52)69-45)7-12-51(66)21(2)32-27(75-51)14-26-24-6-5-22-13-23(8-10-49(22,3)25(24)9-11-50(26,32)4)68-46-42(65)39(62)43(31(18-55)72-46)73-48-44(38(61)35(58)30(17-54)71-48)74-47-41(64)37(60)34(57)29(16-53)70-47/h20-48,52-66H,5-19H2,1-4H3/t20-,21-,22-,23-,24+,25-,26-,27-,28+,29+,30+,31+,32-,33+,34-,35+,36-,37-,38-,39+,40+,41+,42+,43-,44+,45+,46+,47-,48-,49-,50-,51+/m0/s1. The lowest BCUT2D eigenvalue weighted by atomic mass is 9.44. The molecule has 0 radical (unpaired) electrons. The lowest BCUT2D eigenvalue weighted by Crippen LogP contribution is -2.67. The maximum Gasteiger partial charge on any atom is 0.187 e. The van der Waals surface area contributed by atoms with Gasteiger partial charge in [0, 0.05) is 12.3 Å². The molecule has 5 saturated heterocycles. The molecule has 24 heteroatoms. The molecular formula is C51H86O24. The van der Waals surface area contributed by atoms with Gasteiger partial charge < -0.3 is 119 Å². The van der Waals surface area contributed by atoms with Gasteiger partial charge in [-0.15, -0.1) is 0 Å². The highest BCUT2D eigenvalue weighted by atomic mass is 16.8. The van der Waals surface area contributed by atoms with E-state index in [1.165, 1.54) is 0 Å². The second-order valence-electron chi connectivity index (χ2n) is 24.3. The van der Waals surface area contributed by atoms with Gasteiger partial charge in [0.25, 0.3) is 0 Å². The maximum absolute atomic E-state index is 12.1. The largest absolute Gasteiger partial charge is 0.394 e. The molecule has 75 heavy (non-hydrogen) atoms. The normalized spacial score (nSPS) is 55.4. The summed E-state index contributed by atoms with van der Waals surface area (Å²) < 4.78 is 53.5. The van der Waals surface area contributed by atoms with E-state index in [9.17, 15) is 76.6 Å². The molecule has 9 rings (SSSR count). The average Bonchev–Trinajstić information content (AvgIpc) is 3.83. The summed E-state index contributed by atoms with van der Waals surface area (Å²) in [5.41, 5.74) is -0.0140. The highest BCUT2D eigenvalue weighted by Crippen LogP contribution is 2.71. The second kappa shape index (κ2) is 23.1. The van der Waals surface area contributed by atoms with Crippen molar-refractivity contribution in [3.05, 3.63) is 0 Å². The highest BCUT2D eigenvalue weighted by Gasteiger charge is 2.68. The SMILES string of the molecule is C[C@@H](CC[C@@]1(O)O[C@H]2C[C@H]3[C@@H]4CC[C@H]5C[C@@H](O[C@@H]6O[C@H](CO)[C@H](O[C@@H]7O[C@H](CO)[C@@H](O)[C@H](O)[C@H]7O[C@@H]7O[C@H](CO)[C@H](O)[C@H](O)[C@H]7O)[C@H](O)[C@H]6O)CC[C@]5(C)[C@H]4CC[C@]3(C)[C@H]2[C@@H]1C)CO[C@@H]1O[C@H](CO)[C@@H](O)[C@H](O)[C@H]1O. The molecule has 24 nitrogen and oxygen atoms in total. The zero-order chi connectivity index (χ0) is 54.2. The van der Waals surface area contributed by atoms with Crippen molar-refractivity contribution < 1.29 is 119 Å². The summed E-state index contributed by atoms with van der Waals surface area (Å²) in [6.07, 6.45) is -24.3. The minimum absolute atomic E-state index is 0.0136. The summed E-state index contributed by atoms with van der Waals surface area (Å²) in [4.78, 5) is 0. The van der Waals surface area contributed by atoms with Crippen LogP contribution in [0.1, 0.15) is 91.9 Å². The van der Waals surface area contributed by atoms with Crippen molar-refractivity contribution in [3.63, 3.8) is 0 Å². The van der Waals surface area contributed by atoms with E-state index in [1.54, 1.807) is 0 Å². The predicted molar refractivity (Wildman–Crippen MR) is 252 cm³/mol. The number of rotatable bonds is 16. The van der Waals surface area contributed by atoms with Gasteiger partial charge >= 0.3 is 0 Å². The van der Waals surface area contributed by atoms with Crippen molar-refractivity contribution in [2.75, 3.05) is 33.0 Å². The minimum atomic E-state index is -1.92. The van der Waals surface area contributed by atoms with E-state index in [2.05, 4.69) is 20.8 Å². The van der Waals surface area contributed by atoms with Crippen molar-refractivity contribution >= 4 is 0 Å². The summed E-state index contributed by atoms with van der Waals surface area (Å²) in [6.45, 7) is 6.15. The molecule has 0 aromatic heterocycles. The van der Waals surface area contributed by atoms with Gasteiger partial charge in [-0.25, -0.2) is 0 Å². The number of aliphatic hydroxyl groups is 15. The van der Waals surface area contributed by atoms with Gasteiger partial charge in [-0.2, -0.15) is 0 Å². The van der Waals surface area contributed by atoms with Crippen LogP contribution in [0.5, 0.6) is 0 Å². The van der Waals surface area contributed by atoms with Crippen molar-refractivity contribution in [3.8, 4) is 0 Å². The molecule has 0 amide bonds. The Morgan fingerprint density at radius 3 is 1.69 bits per heavy atom. The van der Waals surface area contributed by atoms with Crippen LogP contribution in [-0.2, 0) is 42.6 Å². The first-order valence-corrected chi connectivity index (χ1v) is 27.4. The summed E-state index contributed by atoms with van der Waals surface area (Å²) in [5, 5.41) is 159. The Morgan fingerprint density at radius 2 is 1.05 bits per heavy atom. The average molecular weight is 1080 g/mol. The Morgan fingerprint density at radius 1 is 0.533 bits per heavy atom. The van der Waals surface area contributed by atoms with E-state index < -0.39 is 155 Å². The second-order valence-corrected chi connectivity index (χ2v) is 24.3. The van der Waals surface area contributed by atoms with E-state index in [4.69, 9.17) is 42.6 Å². The minimum Gasteiger partial charge on any atom is -0.394 e. The summed E-state index contributed by atoms with van der Waals surface area (Å²) in [7, 11) is 0. The summed E-state index contributed by atoms with van der Waals surface area (Å²) in [5.74, 6) is 0.320. The predicted octanol–water partition coefficient (Wildman–Crippen LogP) is -3.95. The summed E-state index contributed by atoms with van der Waals surface area (Å²) in [6, 6.07) is 0. The van der Waals surface area contributed by atoms with Crippen LogP contribution < -0.4 is 0 Å². The fraction of sp³-hybridized carbons (Fsp3) is 1.00. The topological polar surface area (TPSA) is 387 Å². The first-order chi connectivity index (χ1) is 35.5. The van der Waals surface area contributed by atoms with Crippen LogP contribution in [0.3, 0.4) is 0 Å². The van der Waals surface area contributed by atoms with E-state index >= 15 is 0 Å². The third-order valence-corrected chi connectivity index (χ3v) is 20.1. The fourth-order valence-electron chi connectivity index (χ4n) is 15.6. The monoisotopic (exact) mass is 1080 g/mol. The zero-order valence-electron chi connectivity index (χ0n) is 43.2. The Kier molecular flexibility index (Phi) is 18.1. The molecule has 9 fully saturated rings. The third kappa shape index (κ3) is 10.7. The fourth-order valence-corrected chi connectivity index (χ4v) is 15.6. The molecule has 434 valence electrons. The first kappa shape index (κ1) is 58.7. The quantitative estimate of drug-likeness (QED) is 0.0656. The maximum atomic E-state index is 12.1. The van der Waals surface area contributed by atoms with Gasteiger partial charge in [0.15, 0.2) is 30.9 Å². The van der Waals surface area contributed by atoms with Crippen molar-refractivity contribution in [1.82, 2.24) is 0 Å². The Labute approximate surface area is 436 Å². The molecule has 0 aromatic carbocycles. The molecule has 15 N–H and O–H groups in total. The van der Waals surface area contributed by atoms with E-state index in [0.717, 1.165) is 38.5 Å². The zero-order valence-corrected chi connectivity index (χ0v) is 43.2. The number of fused-ring (bicyclic) bond motifs is 7. The molecule has 4 aliphatic carbocycles. The van der Waals surface area contributed by atoms with Crippen molar-refractivity contribution in [1.29, 1.82) is 0 Å². The lowest BCUT2D eigenvalue weighted by molar-refractivity contribution is -0.390. The van der Waals surface area contributed by atoms with Gasteiger partial charge in [0.05, 0.1) is 45.2 Å². The Hall–Kier alpha value is -0.960. The van der Waals surface area contributed by atoms with Gasteiger partial charge in [-0.3, -0.25) is 0 Å². The van der Waals surface area contributed by atoms with Gasteiger partial charge in [-0.05, 0) is 104 Å². The van der Waals surface area contributed by atoms with Crippen LogP contribution in [0.25, 0.3) is 0 Å². The van der Waals surface area contributed by atoms with Crippen LogP contribution in [-0.4, -0.2) is 250 Å². The number of hydrogen-bond donors (Lipinski definition) is 15. The van der Waals surface area contributed by atoms with E-state index in [1.807, 2.05) is 6.92 Å².